The average molecular weight is 217 g/mol. The molecule has 0 fully saturated rings. The summed E-state index contributed by atoms with van der Waals surface area (Å²) in [4.78, 5) is 0. The van der Waals surface area contributed by atoms with E-state index in [0.29, 0.717) is 12.5 Å². The molecule has 0 bridgehead atoms. The highest BCUT2D eigenvalue weighted by Crippen LogP contribution is 2.08. The van der Waals surface area contributed by atoms with Crippen molar-refractivity contribution in [3.8, 4) is 0 Å². The molecule has 0 aliphatic rings. The number of ether oxygens (including phenoxy) is 1. The van der Waals surface area contributed by atoms with E-state index in [9.17, 15) is 0 Å². The van der Waals surface area contributed by atoms with Crippen LogP contribution in [0.1, 0.15) is 39.5 Å². The fraction of sp³-hybridized carbons (Fsp3) is 1.00. The van der Waals surface area contributed by atoms with Crippen LogP contribution in [0.4, 0.5) is 0 Å². The van der Waals surface area contributed by atoms with Crippen molar-refractivity contribution in [1.82, 2.24) is 5.32 Å². The number of hydrogen-bond acceptors (Lipinski definition) is 3. The molecule has 3 heteroatoms. The second kappa shape index (κ2) is 12.0. The molecular formula is C12H27NO2. The summed E-state index contributed by atoms with van der Waals surface area (Å²) in [6, 6.07) is 0. The van der Waals surface area contributed by atoms with E-state index >= 15 is 0 Å². The lowest BCUT2D eigenvalue weighted by Crippen LogP contribution is -2.27. The Morgan fingerprint density at radius 1 is 1.13 bits per heavy atom. The molecule has 0 rings (SSSR count). The van der Waals surface area contributed by atoms with E-state index in [1.807, 2.05) is 0 Å². The SMILES string of the molecule is CCCOCCNCC(CCC)CCO. The van der Waals surface area contributed by atoms with Gasteiger partial charge < -0.3 is 15.2 Å². The van der Waals surface area contributed by atoms with Crippen molar-refractivity contribution in [1.29, 1.82) is 0 Å². The van der Waals surface area contributed by atoms with E-state index in [-0.39, 0.29) is 0 Å². The fourth-order valence-corrected chi connectivity index (χ4v) is 1.64. The van der Waals surface area contributed by atoms with Crippen LogP contribution in [0.2, 0.25) is 0 Å². The lowest BCUT2D eigenvalue weighted by molar-refractivity contribution is 0.135. The first kappa shape index (κ1) is 14.9. The maximum atomic E-state index is 8.88. The van der Waals surface area contributed by atoms with Crippen LogP contribution in [0, 0.1) is 5.92 Å². The van der Waals surface area contributed by atoms with Crippen molar-refractivity contribution in [3.63, 3.8) is 0 Å². The minimum Gasteiger partial charge on any atom is -0.396 e. The molecular weight excluding hydrogens is 190 g/mol. The fourth-order valence-electron chi connectivity index (χ4n) is 1.64. The largest absolute Gasteiger partial charge is 0.396 e. The van der Waals surface area contributed by atoms with Gasteiger partial charge in [-0.25, -0.2) is 0 Å². The van der Waals surface area contributed by atoms with Gasteiger partial charge in [-0.2, -0.15) is 0 Å². The van der Waals surface area contributed by atoms with Gasteiger partial charge in [0.25, 0.3) is 0 Å². The summed E-state index contributed by atoms with van der Waals surface area (Å²) in [5.74, 6) is 0.617. The van der Waals surface area contributed by atoms with Crippen molar-refractivity contribution < 1.29 is 9.84 Å². The minimum atomic E-state index is 0.304. The monoisotopic (exact) mass is 217 g/mol. The first-order valence-corrected chi connectivity index (χ1v) is 6.24. The molecule has 0 aromatic rings. The quantitative estimate of drug-likeness (QED) is 0.519. The number of aliphatic hydroxyl groups excluding tert-OH is 1. The number of rotatable bonds is 11. The first-order valence-electron chi connectivity index (χ1n) is 6.24. The summed E-state index contributed by atoms with van der Waals surface area (Å²) in [7, 11) is 0. The van der Waals surface area contributed by atoms with Crippen LogP contribution in [0.15, 0.2) is 0 Å². The number of nitrogens with one attached hydrogen (secondary N) is 1. The van der Waals surface area contributed by atoms with Crippen LogP contribution in [0.3, 0.4) is 0 Å². The van der Waals surface area contributed by atoms with Gasteiger partial charge in [-0.05, 0) is 31.7 Å². The van der Waals surface area contributed by atoms with Gasteiger partial charge in [-0.15, -0.1) is 0 Å². The highest BCUT2D eigenvalue weighted by molar-refractivity contribution is 4.61. The van der Waals surface area contributed by atoms with Gasteiger partial charge in [0.2, 0.25) is 0 Å². The van der Waals surface area contributed by atoms with Gasteiger partial charge in [-0.1, -0.05) is 20.3 Å². The Bertz CT molecular complexity index is 114. The molecule has 1 unspecified atom stereocenters. The van der Waals surface area contributed by atoms with Gasteiger partial charge >= 0.3 is 0 Å². The summed E-state index contributed by atoms with van der Waals surface area (Å²) in [6.45, 7) is 8.19. The maximum absolute atomic E-state index is 8.88. The Hall–Kier alpha value is -0.120. The molecule has 15 heavy (non-hydrogen) atoms. The molecule has 0 amide bonds. The van der Waals surface area contributed by atoms with Crippen LogP contribution in [0.5, 0.6) is 0 Å². The molecule has 92 valence electrons. The second-order valence-corrected chi connectivity index (χ2v) is 3.98. The van der Waals surface area contributed by atoms with Crippen LogP contribution in [-0.4, -0.2) is 38.0 Å². The third-order valence-corrected chi connectivity index (χ3v) is 2.44. The van der Waals surface area contributed by atoms with Crippen molar-refractivity contribution in [2.45, 2.75) is 39.5 Å². The first-order chi connectivity index (χ1) is 7.35. The molecule has 0 saturated carbocycles. The smallest absolute Gasteiger partial charge is 0.0590 e. The second-order valence-electron chi connectivity index (χ2n) is 3.98. The Balaban J connectivity index is 3.28. The van der Waals surface area contributed by atoms with E-state index < -0.39 is 0 Å². The number of hydrogen-bond donors (Lipinski definition) is 2. The molecule has 0 aliphatic carbocycles. The predicted octanol–water partition coefficient (Wildman–Crippen LogP) is 1.80. The summed E-state index contributed by atoms with van der Waals surface area (Å²) < 4.78 is 5.37. The summed E-state index contributed by atoms with van der Waals surface area (Å²) in [5.41, 5.74) is 0. The van der Waals surface area contributed by atoms with Gasteiger partial charge in [0.15, 0.2) is 0 Å². The third kappa shape index (κ3) is 10.2. The van der Waals surface area contributed by atoms with Crippen molar-refractivity contribution in [3.05, 3.63) is 0 Å². The predicted molar refractivity (Wildman–Crippen MR) is 64.1 cm³/mol. The van der Waals surface area contributed by atoms with Crippen LogP contribution in [0.25, 0.3) is 0 Å². The summed E-state index contributed by atoms with van der Waals surface area (Å²) in [6.07, 6.45) is 4.39. The molecule has 0 spiro atoms. The van der Waals surface area contributed by atoms with E-state index in [4.69, 9.17) is 9.84 Å². The Morgan fingerprint density at radius 3 is 2.53 bits per heavy atom. The Labute approximate surface area is 94.2 Å². The lowest BCUT2D eigenvalue weighted by Gasteiger charge is -2.15. The summed E-state index contributed by atoms with van der Waals surface area (Å²) >= 11 is 0. The van der Waals surface area contributed by atoms with Crippen LogP contribution in [-0.2, 0) is 4.74 Å². The molecule has 3 nitrogen and oxygen atoms in total. The van der Waals surface area contributed by atoms with Crippen LogP contribution < -0.4 is 5.32 Å². The maximum Gasteiger partial charge on any atom is 0.0590 e. The van der Waals surface area contributed by atoms with E-state index in [0.717, 1.165) is 39.1 Å². The topological polar surface area (TPSA) is 41.5 Å². The summed E-state index contributed by atoms with van der Waals surface area (Å²) in [5, 5.41) is 12.3. The average Bonchev–Trinajstić information content (AvgIpc) is 2.24. The molecule has 1 atom stereocenters. The van der Waals surface area contributed by atoms with Gasteiger partial charge in [0, 0.05) is 19.8 Å². The normalized spacial score (nSPS) is 13.0. The van der Waals surface area contributed by atoms with Gasteiger partial charge in [0.1, 0.15) is 0 Å². The van der Waals surface area contributed by atoms with Crippen molar-refractivity contribution in [2.24, 2.45) is 5.92 Å². The van der Waals surface area contributed by atoms with Crippen molar-refractivity contribution in [2.75, 3.05) is 32.9 Å². The molecule has 0 radical (unpaired) electrons. The number of aliphatic hydroxyl groups is 1. The zero-order valence-electron chi connectivity index (χ0n) is 10.3. The third-order valence-electron chi connectivity index (χ3n) is 2.44. The van der Waals surface area contributed by atoms with Gasteiger partial charge in [-0.3, -0.25) is 0 Å². The zero-order valence-corrected chi connectivity index (χ0v) is 10.3. The van der Waals surface area contributed by atoms with E-state index in [1.54, 1.807) is 0 Å². The zero-order chi connectivity index (χ0) is 11.4. The Kier molecular flexibility index (Phi) is 11.9. The molecule has 0 aromatic carbocycles. The Morgan fingerprint density at radius 2 is 1.93 bits per heavy atom. The van der Waals surface area contributed by atoms with E-state index in [2.05, 4.69) is 19.2 Å². The minimum absolute atomic E-state index is 0.304. The van der Waals surface area contributed by atoms with E-state index in [1.165, 1.54) is 12.8 Å². The van der Waals surface area contributed by atoms with Crippen LogP contribution >= 0.6 is 0 Å². The standard InChI is InChI=1S/C12H27NO2/c1-3-5-12(6-8-14)11-13-7-10-15-9-4-2/h12-14H,3-11H2,1-2H3. The molecule has 0 heterocycles. The molecule has 0 aliphatic heterocycles. The lowest BCUT2D eigenvalue weighted by atomic mass is 10.0. The molecule has 0 aromatic heterocycles. The molecule has 0 saturated heterocycles. The van der Waals surface area contributed by atoms with Gasteiger partial charge in [0.05, 0.1) is 6.61 Å². The van der Waals surface area contributed by atoms with Crippen molar-refractivity contribution >= 4 is 0 Å². The highest BCUT2D eigenvalue weighted by atomic mass is 16.5. The molecule has 2 N–H and O–H groups in total. The highest BCUT2D eigenvalue weighted by Gasteiger charge is 2.05.